The summed E-state index contributed by atoms with van der Waals surface area (Å²) in [5, 5.41) is 17.7. The number of benzene rings is 2. The molecule has 0 fully saturated rings. The maximum Gasteiger partial charge on any atom is 0.423 e. The fraction of sp³-hybridized carbons (Fsp3) is 0.409. The molecule has 4 N–H and O–H groups in total. The minimum absolute atomic E-state index is 0.0000412. The van der Waals surface area contributed by atoms with Crippen LogP contribution in [0.2, 0.25) is 0 Å². The van der Waals surface area contributed by atoms with Gasteiger partial charge in [-0.15, -0.1) is 0 Å². The zero-order valence-corrected chi connectivity index (χ0v) is 18.8. The Hall–Kier alpha value is -3.16. The van der Waals surface area contributed by atoms with Crippen molar-refractivity contribution in [1.29, 1.82) is 0 Å². The number of halogens is 9. The monoisotopic (exact) mass is 531 g/mol. The summed E-state index contributed by atoms with van der Waals surface area (Å²) in [6.45, 7) is 2.25. The van der Waals surface area contributed by atoms with Crippen molar-refractivity contribution in [3.05, 3.63) is 64.2 Å². The minimum Gasteiger partial charge on any atom is -0.381 e. The molecule has 14 heteroatoms. The van der Waals surface area contributed by atoms with E-state index in [1.54, 1.807) is 13.8 Å². The van der Waals surface area contributed by atoms with Crippen LogP contribution in [0.5, 0.6) is 0 Å². The first kappa shape index (κ1) is 29.1. The first-order valence-electron chi connectivity index (χ1n) is 10.3. The average molecular weight is 531 g/mol. The third-order valence-corrected chi connectivity index (χ3v) is 5.20. The molecule has 0 heterocycles. The van der Waals surface area contributed by atoms with E-state index >= 15 is 0 Å². The van der Waals surface area contributed by atoms with Gasteiger partial charge in [0.15, 0.2) is 0 Å². The Balaban J connectivity index is 2.39. The molecule has 0 aliphatic carbocycles. The number of carbonyl (C=O) groups excluding carboxylic acids is 1. The molecular weight excluding hydrogens is 509 g/mol. The molecule has 0 saturated carbocycles. The van der Waals surface area contributed by atoms with Gasteiger partial charge in [-0.05, 0) is 60.9 Å². The molecule has 0 bridgehead atoms. The average Bonchev–Trinajstić information content (AvgIpc) is 2.74. The fourth-order valence-electron chi connectivity index (χ4n) is 3.19. The Morgan fingerprint density at radius 1 is 0.833 bits per heavy atom. The number of carbonyl (C=O) groups is 1. The number of urea groups is 1. The molecule has 0 aliphatic rings. The second-order valence-corrected chi connectivity index (χ2v) is 7.86. The van der Waals surface area contributed by atoms with Crippen LogP contribution in [0.4, 0.5) is 50.0 Å². The quantitative estimate of drug-likeness (QED) is 0.346. The molecule has 2 aromatic rings. The Kier molecular flexibility index (Phi) is 8.44. The van der Waals surface area contributed by atoms with E-state index in [4.69, 9.17) is 0 Å². The first-order valence-corrected chi connectivity index (χ1v) is 10.3. The van der Waals surface area contributed by atoms with Crippen LogP contribution in [-0.4, -0.2) is 30.4 Å². The van der Waals surface area contributed by atoms with E-state index in [2.05, 4.69) is 16.0 Å². The van der Waals surface area contributed by atoms with E-state index in [1.165, 1.54) is 18.2 Å². The van der Waals surface area contributed by atoms with Gasteiger partial charge in [-0.2, -0.15) is 39.5 Å². The van der Waals surface area contributed by atoms with Crippen molar-refractivity contribution in [1.82, 2.24) is 10.6 Å². The van der Waals surface area contributed by atoms with Crippen molar-refractivity contribution in [2.45, 2.75) is 44.5 Å². The van der Waals surface area contributed by atoms with Crippen molar-refractivity contribution >= 4 is 11.7 Å². The molecule has 36 heavy (non-hydrogen) atoms. The summed E-state index contributed by atoms with van der Waals surface area (Å²) in [5.41, 5.74) is -8.61. The summed E-state index contributed by atoms with van der Waals surface area (Å²) >= 11 is 0. The van der Waals surface area contributed by atoms with Crippen molar-refractivity contribution < 1.29 is 49.4 Å². The number of aryl methyl sites for hydroxylation is 1. The first-order chi connectivity index (χ1) is 16.4. The van der Waals surface area contributed by atoms with Gasteiger partial charge in [-0.3, -0.25) is 0 Å². The van der Waals surface area contributed by atoms with Crippen LogP contribution in [0.1, 0.15) is 34.7 Å². The lowest BCUT2D eigenvalue weighted by Gasteiger charge is -2.32. The molecule has 1 atom stereocenters. The van der Waals surface area contributed by atoms with Crippen molar-refractivity contribution in [2.75, 3.05) is 18.4 Å². The van der Waals surface area contributed by atoms with E-state index in [1.807, 2.05) is 0 Å². The number of alkyl halides is 9. The van der Waals surface area contributed by atoms with E-state index in [0.29, 0.717) is 17.7 Å². The van der Waals surface area contributed by atoms with Crippen LogP contribution in [0.25, 0.3) is 0 Å². The molecule has 0 unspecified atom stereocenters. The molecule has 2 aromatic carbocycles. The standard InChI is InChI=1S/C22H22F9N3O2/c1-3-32-18(35)33-10-13-4-5-17(6-12(13)2)34-11-19(36,22(29,30)31)14-7-15(20(23,24)25)9-16(8-14)21(26,27)28/h4-9,34,36H,3,10-11H2,1-2H3,(H2,32,33,35)/t19-/m0/s1. The maximum absolute atomic E-state index is 13.8. The van der Waals surface area contributed by atoms with Crippen LogP contribution in [-0.2, 0) is 24.5 Å². The van der Waals surface area contributed by atoms with Crippen LogP contribution >= 0.6 is 0 Å². The van der Waals surface area contributed by atoms with Crippen LogP contribution in [0.15, 0.2) is 36.4 Å². The van der Waals surface area contributed by atoms with E-state index in [-0.39, 0.29) is 30.4 Å². The summed E-state index contributed by atoms with van der Waals surface area (Å²) in [5.74, 6) is 0. The SMILES string of the molecule is CCNC(=O)NCc1ccc(NC[C@](O)(c2cc(C(F)(F)F)cc(C(F)(F)F)c2)C(F)(F)F)cc1C. The number of hydrogen-bond donors (Lipinski definition) is 4. The fourth-order valence-corrected chi connectivity index (χ4v) is 3.19. The molecular formula is C22H22F9N3O2. The second-order valence-electron chi connectivity index (χ2n) is 7.86. The molecule has 0 aliphatic heterocycles. The number of nitrogens with one attached hydrogen (secondary N) is 3. The molecule has 2 rings (SSSR count). The van der Waals surface area contributed by atoms with Gasteiger partial charge < -0.3 is 21.1 Å². The van der Waals surface area contributed by atoms with Gasteiger partial charge in [0, 0.05) is 18.8 Å². The molecule has 0 spiro atoms. The summed E-state index contributed by atoms with van der Waals surface area (Å²) in [6, 6.07) is 2.98. The topological polar surface area (TPSA) is 73.4 Å². The maximum atomic E-state index is 13.8. The predicted octanol–water partition coefficient (Wildman–Crippen LogP) is 5.71. The number of hydrogen-bond acceptors (Lipinski definition) is 3. The van der Waals surface area contributed by atoms with Gasteiger partial charge in [0.05, 0.1) is 17.7 Å². The van der Waals surface area contributed by atoms with Crippen LogP contribution in [0, 0.1) is 6.92 Å². The molecule has 5 nitrogen and oxygen atoms in total. The highest BCUT2D eigenvalue weighted by molar-refractivity contribution is 5.73. The number of aliphatic hydroxyl groups is 1. The number of amides is 2. The highest BCUT2D eigenvalue weighted by Gasteiger charge is 2.56. The highest BCUT2D eigenvalue weighted by Crippen LogP contribution is 2.44. The van der Waals surface area contributed by atoms with Gasteiger partial charge in [0.25, 0.3) is 0 Å². The molecule has 0 aromatic heterocycles. The third-order valence-electron chi connectivity index (χ3n) is 5.20. The zero-order chi connectivity index (χ0) is 27.5. The van der Waals surface area contributed by atoms with Gasteiger partial charge in [-0.1, -0.05) is 6.07 Å². The smallest absolute Gasteiger partial charge is 0.381 e. The Morgan fingerprint density at radius 3 is 1.81 bits per heavy atom. The Morgan fingerprint density at radius 2 is 1.36 bits per heavy atom. The van der Waals surface area contributed by atoms with Crippen molar-refractivity contribution in [3.8, 4) is 0 Å². The second kappa shape index (κ2) is 10.4. The van der Waals surface area contributed by atoms with E-state index in [0.717, 1.165) is 0 Å². The van der Waals surface area contributed by atoms with Gasteiger partial charge in [-0.25, -0.2) is 4.79 Å². The summed E-state index contributed by atoms with van der Waals surface area (Å²) in [6.07, 6.45) is -16.4. The molecule has 0 radical (unpaired) electrons. The van der Waals surface area contributed by atoms with Gasteiger partial charge in [0.2, 0.25) is 5.60 Å². The highest BCUT2D eigenvalue weighted by atomic mass is 19.4. The lowest BCUT2D eigenvalue weighted by atomic mass is 9.89. The van der Waals surface area contributed by atoms with E-state index < -0.39 is 53.4 Å². The summed E-state index contributed by atoms with van der Waals surface area (Å²) < 4.78 is 120. The zero-order valence-electron chi connectivity index (χ0n) is 18.8. The molecule has 0 saturated heterocycles. The van der Waals surface area contributed by atoms with Crippen molar-refractivity contribution in [2.24, 2.45) is 0 Å². The lowest BCUT2D eigenvalue weighted by molar-refractivity contribution is -0.261. The van der Waals surface area contributed by atoms with Crippen molar-refractivity contribution in [3.63, 3.8) is 0 Å². The summed E-state index contributed by atoms with van der Waals surface area (Å²) in [4.78, 5) is 11.5. The van der Waals surface area contributed by atoms with Gasteiger partial charge >= 0.3 is 24.6 Å². The normalized spacial score (nSPS) is 14.2. The number of anilines is 1. The third kappa shape index (κ3) is 6.95. The Bertz CT molecular complexity index is 1050. The number of rotatable bonds is 7. The molecule has 200 valence electrons. The lowest BCUT2D eigenvalue weighted by Crippen LogP contribution is -2.48. The van der Waals surface area contributed by atoms with Gasteiger partial charge in [0.1, 0.15) is 0 Å². The van der Waals surface area contributed by atoms with E-state index in [9.17, 15) is 49.4 Å². The van der Waals surface area contributed by atoms with Crippen LogP contribution < -0.4 is 16.0 Å². The van der Waals surface area contributed by atoms with Crippen LogP contribution in [0.3, 0.4) is 0 Å². The minimum atomic E-state index is -5.64. The molecule has 2 amide bonds. The summed E-state index contributed by atoms with van der Waals surface area (Å²) in [7, 11) is 0. The largest absolute Gasteiger partial charge is 0.423 e. The predicted molar refractivity (Wildman–Crippen MR) is 112 cm³/mol. The Labute approximate surface area is 199 Å².